The van der Waals surface area contributed by atoms with Crippen LogP contribution in [0.3, 0.4) is 0 Å². The van der Waals surface area contributed by atoms with Crippen molar-refractivity contribution in [1.82, 2.24) is 0 Å². The van der Waals surface area contributed by atoms with E-state index in [2.05, 4.69) is 22.9 Å². The maximum Gasteiger partial charge on any atom is 0.112 e. The van der Waals surface area contributed by atoms with Crippen molar-refractivity contribution >= 4 is 15.9 Å². The first-order chi connectivity index (χ1) is 3.79. The maximum absolute atomic E-state index is 5.22. The third-order valence-electron chi connectivity index (χ3n) is 1.34. The van der Waals surface area contributed by atoms with Gasteiger partial charge in [0.05, 0.1) is 0 Å². The minimum atomic E-state index is 0.263. The van der Waals surface area contributed by atoms with Gasteiger partial charge < -0.3 is 4.74 Å². The second-order valence-electron chi connectivity index (χ2n) is 2.17. The van der Waals surface area contributed by atoms with E-state index in [0.717, 1.165) is 19.4 Å². The van der Waals surface area contributed by atoms with E-state index >= 15 is 0 Å². The van der Waals surface area contributed by atoms with Gasteiger partial charge in [0, 0.05) is 6.61 Å². The van der Waals surface area contributed by atoms with Crippen LogP contribution in [0.1, 0.15) is 12.8 Å². The van der Waals surface area contributed by atoms with Crippen LogP contribution in [0.5, 0.6) is 0 Å². The molecule has 0 aromatic heterocycles. The van der Waals surface area contributed by atoms with E-state index in [1.165, 1.54) is 0 Å². The molecule has 1 radical (unpaired) electrons. The summed E-state index contributed by atoms with van der Waals surface area (Å²) < 4.78 is 5.22. The lowest BCUT2D eigenvalue weighted by Gasteiger charge is -2.22. The van der Waals surface area contributed by atoms with Crippen LogP contribution in [-0.4, -0.2) is 11.6 Å². The number of halogens is 1. The van der Waals surface area contributed by atoms with Gasteiger partial charge in [-0.25, -0.2) is 0 Å². The van der Waals surface area contributed by atoms with E-state index in [4.69, 9.17) is 4.74 Å². The molecule has 1 aliphatic rings. The second kappa shape index (κ2) is 2.83. The number of alkyl halides is 1. The Balaban J connectivity index is 2.23. The van der Waals surface area contributed by atoms with E-state index in [9.17, 15) is 0 Å². The van der Waals surface area contributed by atoms with Crippen LogP contribution in [-0.2, 0) is 4.74 Å². The van der Waals surface area contributed by atoms with Crippen molar-refractivity contribution in [2.24, 2.45) is 5.92 Å². The summed E-state index contributed by atoms with van der Waals surface area (Å²) in [6.45, 7) is 4.80. The molecule has 0 saturated carbocycles. The van der Waals surface area contributed by atoms with Crippen molar-refractivity contribution in [2.45, 2.75) is 17.9 Å². The lowest BCUT2D eigenvalue weighted by atomic mass is 10.0. The van der Waals surface area contributed by atoms with Crippen LogP contribution in [0.15, 0.2) is 0 Å². The molecule has 0 aromatic rings. The highest BCUT2D eigenvalue weighted by Crippen LogP contribution is 2.22. The van der Waals surface area contributed by atoms with Crippen LogP contribution in [0.4, 0.5) is 0 Å². The first-order valence-corrected chi connectivity index (χ1v) is 3.79. The molecule has 1 fully saturated rings. The topological polar surface area (TPSA) is 9.23 Å². The molecular weight excluding hydrogens is 168 g/mol. The van der Waals surface area contributed by atoms with Crippen molar-refractivity contribution in [1.29, 1.82) is 0 Å². The lowest BCUT2D eigenvalue weighted by molar-refractivity contribution is 0.0589. The fraction of sp³-hybridized carbons (Fsp3) is 0.833. The predicted molar refractivity (Wildman–Crippen MR) is 36.7 cm³/mol. The zero-order chi connectivity index (χ0) is 5.98. The van der Waals surface area contributed by atoms with Crippen LogP contribution in [0, 0.1) is 12.8 Å². The Hall–Kier alpha value is 0.440. The zero-order valence-electron chi connectivity index (χ0n) is 4.77. The fourth-order valence-corrected chi connectivity index (χ4v) is 1.53. The molecule has 1 rings (SSSR count). The standard InChI is InChI=1S/C6H10BrO/c1-5-2-3-8-6(7)4-5/h5-6H,1-4H2. The quantitative estimate of drug-likeness (QED) is 0.515. The molecule has 1 aliphatic heterocycles. The minimum absolute atomic E-state index is 0.263. The maximum atomic E-state index is 5.22. The lowest BCUT2D eigenvalue weighted by Crippen LogP contribution is -2.18. The molecule has 1 nitrogen and oxygen atoms in total. The van der Waals surface area contributed by atoms with Gasteiger partial charge in [-0.2, -0.15) is 0 Å². The molecule has 0 N–H and O–H groups in total. The molecule has 1 saturated heterocycles. The van der Waals surface area contributed by atoms with E-state index in [-0.39, 0.29) is 5.01 Å². The molecule has 0 spiro atoms. The summed E-state index contributed by atoms with van der Waals surface area (Å²) in [5.41, 5.74) is 0. The number of rotatable bonds is 0. The van der Waals surface area contributed by atoms with Crippen molar-refractivity contribution in [2.75, 3.05) is 6.61 Å². The SMILES string of the molecule is [CH2]C1CCOC(Br)C1. The molecule has 0 aromatic carbocycles. The average molecular weight is 178 g/mol. The summed E-state index contributed by atoms with van der Waals surface area (Å²) in [5, 5.41) is 0.263. The molecular formula is C6H10BrO. The van der Waals surface area contributed by atoms with Crippen molar-refractivity contribution in [3.05, 3.63) is 6.92 Å². The van der Waals surface area contributed by atoms with Gasteiger partial charge in [0.2, 0.25) is 0 Å². The summed E-state index contributed by atoms with van der Waals surface area (Å²) in [5.74, 6) is 0.591. The first kappa shape index (κ1) is 6.56. The highest BCUT2D eigenvalue weighted by Gasteiger charge is 2.15. The van der Waals surface area contributed by atoms with Crippen LogP contribution in [0.2, 0.25) is 0 Å². The van der Waals surface area contributed by atoms with E-state index in [1.54, 1.807) is 0 Å². The third kappa shape index (κ3) is 1.75. The Labute approximate surface area is 58.5 Å². The second-order valence-corrected chi connectivity index (χ2v) is 3.19. The van der Waals surface area contributed by atoms with Crippen molar-refractivity contribution < 1.29 is 4.74 Å². The van der Waals surface area contributed by atoms with Gasteiger partial charge in [-0.1, -0.05) is 15.9 Å². The van der Waals surface area contributed by atoms with Gasteiger partial charge in [0.25, 0.3) is 0 Å². The minimum Gasteiger partial charge on any atom is -0.367 e. The molecule has 0 amide bonds. The Morgan fingerprint density at radius 3 is 2.75 bits per heavy atom. The Bertz CT molecular complexity index is 66.9. The molecule has 2 atom stereocenters. The largest absolute Gasteiger partial charge is 0.367 e. The highest BCUT2D eigenvalue weighted by molar-refractivity contribution is 9.09. The van der Waals surface area contributed by atoms with Crippen LogP contribution < -0.4 is 0 Å². The normalized spacial score (nSPS) is 39.8. The van der Waals surface area contributed by atoms with Gasteiger partial charge in [0.15, 0.2) is 0 Å². The molecule has 1 heterocycles. The number of hydrogen-bond acceptors (Lipinski definition) is 1. The van der Waals surface area contributed by atoms with Crippen molar-refractivity contribution in [3.63, 3.8) is 0 Å². The van der Waals surface area contributed by atoms with Gasteiger partial charge in [-0.15, -0.1) is 0 Å². The zero-order valence-corrected chi connectivity index (χ0v) is 6.36. The molecule has 8 heavy (non-hydrogen) atoms. The Morgan fingerprint density at radius 1 is 1.62 bits per heavy atom. The Kier molecular flexibility index (Phi) is 2.32. The predicted octanol–water partition coefficient (Wildman–Crippen LogP) is 1.97. The summed E-state index contributed by atoms with van der Waals surface area (Å²) in [4.78, 5) is 0. The Morgan fingerprint density at radius 2 is 2.38 bits per heavy atom. The molecule has 47 valence electrons. The molecule has 0 aliphatic carbocycles. The smallest absolute Gasteiger partial charge is 0.112 e. The summed E-state index contributed by atoms with van der Waals surface area (Å²) >= 11 is 3.37. The van der Waals surface area contributed by atoms with Gasteiger partial charge in [-0.05, 0) is 25.7 Å². The van der Waals surface area contributed by atoms with Gasteiger partial charge >= 0.3 is 0 Å². The fourth-order valence-electron chi connectivity index (χ4n) is 0.811. The van der Waals surface area contributed by atoms with Crippen molar-refractivity contribution in [3.8, 4) is 0 Å². The first-order valence-electron chi connectivity index (χ1n) is 2.88. The van der Waals surface area contributed by atoms with E-state index in [0.29, 0.717) is 5.92 Å². The molecule has 2 heteroatoms. The highest BCUT2D eigenvalue weighted by atomic mass is 79.9. The van der Waals surface area contributed by atoms with E-state index in [1.807, 2.05) is 0 Å². The third-order valence-corrected chi connectivity index (χ3v) is 1.98. The monoisotopic (exact) mass is 177 g/mol. The average Bonchev–Trinajstić information content (AvgIpc) is 1.64. The van der Waals surface area contributed by atoms with Crippen LogP contribution in [0.25, 0.3) is 0 Å². The summed E-state index contributed by atoms with van der Waals surface area (Å²) in [6, 6.07) is 0. The number of ether oxygens (including phenoxy) is 1. The van der Waals surface area contributed by atoms with Crippen LogP contribution >= 0.6 is 15.9 Å². The summed E-state index contributed by atoms with van der Waals surface area (Å²) in [7, 11) is 0. The molecule has 2 unspecified atom stereocenters. The van der Waals surface area contributed by atoms with E-state index < -0.39 is 0 Å². The summed E-state index contributed by atoms with van der Waals surface area (Å²) in [6.07, 6.45) is 2.17. The van der Waals surface area contributed by atoms with Gasteiger partial charge in [0.1, 0.15) is 5.01 Å². The molecule has 0 bridgehead atoms. The van der Waals surface area contributed by atoms with Gasteiger partial charge in [-0.3, -0.25) is 0 Å². The number of hydrogen-bond donors (Lipinski definition) is 0.